The minimum absolute atomic E-state index is 0.321. The first-order valence-electron chi connectivity index (χ1n) is 13.8. The Morgan fingerprint density at radius 1 is 0.800 bits per heavy atom. The number of fused-ring (bicyclic) bond motifs is 5. The number of methoxy groups -OCH3 is 1. The normalized spacial score (nSPS) is 30.8. The van der Waals surface area contributed by atoms with Crippen LogP contribution in [0.5, 0.6) is 17.2 Å². The van der Waals surface area contributed by atoms with Gasteiger partial charge in [-0.2, -0.15) is 0 Å². The van der Waals surface area contributed by atoms with Gasteiger partial charge in [0, 0.05) is 5.56 Å². The Morgan fingerprint density at radius 3 is 2.00 bits per heavy atom. The molecule has 0 heterocycles. The molecule has 5 unspecified atom stereocenters. The third kappa shape index (κ3) is 5.58. The van der Waals surface area contributed by atoms with Crippen LogP contribution < -0.4 is 13.6 Å². The molecule has 0 amide bonds. The topological polar surface area (TPSA) is 36.9 Å². The Bertz CT molecular complexity index is 943. The Morgan fingerprint density at radius 2 is 1.43 bits per heavy atom. The number of benzene rings is 1. The molecule has 4 rings (SSSR count). The molecule has 0 aliphatic heterocycles. The molecule has 0 aromatic heterocycles. The van der Waals surface area contributed by atoms with E-state index < -0.39 is 25.0 Å². The van der Waals surface area contributed by atoms with Crippen LogP contribution in [0.4, 0.5) is 0 Å². The van der Waals surface area contributed by atoms with Crippen LogP contribution in [-0.4, -0.2) is 38.2 Å². The van der Waals surface area contributed by atoms with Crippen molar-refractivity contribution in [2.75, 3.05) is 7.11 Å². The van der Waals surface area contributed by atoms with Gasteiger partial charge in [0.2, 0.25) is 16.6 Å². The van der Waals surface area contributed by atoms with Gasteiger partial charge in [-0.25, -0.2) is 0 Å². The van der Waals surface area contributed by atoms with E-state index in [4.69, 9.17) is 18.0 Å². The van der Waals surface area contributed by atoms with Crippen LogP contribution >= 0.6 is 0 Å². The second-order valence-corrected chi connectivity index (χ2v) is 27.8. The van der Waals surface area contributed by atoms with Crippen molar-refractivity contribution in [2.24, 2.45) is 17.3 Å². The molecular formula is C28H50O4Si3. The van der Waals surface area contributed by atoms with Gasteiger partial charge in [-0.15, -0.1) is 0 Å². The highest BCUT2D eigenvalue weighted by atomic mass is 28.4. The Kier molecular flexibility index (Phi) is 7.17. The molecule has 198 valence electrons. The summed E-state index contributed by atoms with van der Waals surface area (Å²) in [4.78, 5) is 0. The first-order chi connectivity index (χ1) is 16.0. The maximum Gasteiger partial charge on any atom is 0.242 e. The largest absolute Gasteiger partial charge is 0.542 e. The summed E-state index contributed by atoms with van der Waals surface area (Å²) >= 11 is 0. The Labute approximate surface area is 217 Å². The van der Waals surface area contributed by atoms with Crippen LogP contribution in [0, 0.1) is 17.3 Å². The molecule has 2 saturated carbocycles. The van der Waals surface area contributed by atoms with Gasteiger partial charge in [-0.1, -0.05) is 6.92 Å². The lowest BCUT2D eigenvalue weighted by Crippen LogP contribution is -2.47. The lowest BCUT2D eigenvalue weighted by atomic mass is 9.55. The average molecular weight is 535 g/mol. The van der Waals surface area contributed by atoms with Crippen molar-refractivity contribution < 1.29 is 18.0 Å². The Hall–Kier alpha value is -0.769. The second-order valence-electron chi connectivity index (χ2n) is 14.5. The van der Waals surface area contributed by atoms with Crippen LogP contribution in [0.25, 0.3) is 0 Å². The van der Waals surface area contributed by atoms with Crippen molar-refractivity contribution in [3.63, 3.8) is 0 Å². The minimum Gasteiger partial charge on any atom is -0.542 e. The van der Waals surface area contributed by atoms with Crippen molar-refractivity contribution in [1.82, 2.24) is 0 Å². The van der Waals surface area contributed by atoms with E-state index in [1.165, 1.54) is 43.2 Å². The molecule has 35 heavy (non-hydrogen) atoms. The zero-order chi connectivity index (χ0) is 26.0. The zero-order valence-corrected chi connectivity index (χ0v) is 27.3. The number of rotatable bonds is 7. The lowest BCUT2D eigenvalue weighted by molar-refractivity contribution is -0.0142. The fraction of sp³-hybridized carbons (Fsp3) is 0.786. The van der Waals surface area contributed by atoms with Crippen LogP contribution in [0.2, 0.25) is 58.9 Å². The van der Waals surface area contributed by atoms with Gasteiger partial charge in [-0.3, -0.25) is 0 Å². The lowest BCUT2D eigenvalue weighted by Gasteiger charge is -2.51. The third-order valence-corrected chi connectivity index (χ3v) is 11.0. The summed E-state index contributed by atoms with van der Waals surface area (Å²) in [6.07, 6.45) is 7.81. The van der Waals surface area contributed by atoms with E-state index >= 15 is 0 Å². The highest BCUT2D eigenvalue weighted by Crippen LogP contribution is 2.63. The van der Waals surface area contributed by atoms with Gasteiger partial charge in [-0.05, 0) is 132 Å². The molecule has 1 aromatic carbocycles. The summed E-state index contributed by atoms with van der Waals surface area (Å²) in [5.41, 5.74) is 3.20. The third-order valence-electron chi connectivity index (χ3n) is 8.35. The van der Waals surface area contributed by atoms with Crippen LogP contribution in [0.15, 0.2) is 6.07 Å². The van der Waals surface area contributed by atoms with E-state index in [1.54, 1.807) is 7.11 Å². The molecular weight excluding hydrogens is 485 g/mol. The maximum atomic E-state index is 6.82. The first kappa shape index (κ1) is 27.3. The number of hydrogen-bond donors (Lipinski definition) is 0. The number of ether oxygens (including phenoxy) is 1. The standard InChI is InChI=1S/C28H50O4Si3/c1-28-17-16-19-20(23(28)14-15-25(28)30-33(3,4)5)12-13-21-22(19)18-24(29-2)27(32-35(9,10)11)26(21)31-34(6,7)8/h18-20,23,25H,12-17H2,1-11H3. The van der Waals surface area contributed by atoms with Crippen molar-refractivity contribution in [3.05, 3.63) is 17.2 Å². The molecule has 5 atom stereocenters. The highest BCUT2D eigenvalue weighted by molar-refractivity contribution is 6.71. The summed E-state index contributed by atoms with van der Waals surface area (Å²) in [7, 11) is -3.46. The molecule has 4 nitrogen and oxygen atoms in total. The van der Waals surface area contributed by atoms with E-state index in [0.29, 0.717) is 17.4 Å². The van der Waals surface area contributed by atoms with Gasteiger partial charge in [0.25, 0.3) is 0 Å². The molecule has 0 bridgehead atoms. The molecule has 0 saturated heterocycles. The Balaban J connectivity index is 1.74. The highest BCUT2D eigenvalue weighted by Gasteiger charge is 2.56. The fourth-order valence-electron chi connectivity index (χ4n) is 7.19. The molecule has 3 aliphatic rings. The average Bonchev–Trinajstić information content (AvgIpc) is 3.02. The van der Waals surface area contributed by atoms with E-state index in [-0.39, 0.29) is 0 Å². The van der Waals surface area contributed by atoms with Crippen LogP contribution in [0.1, 0.15) is 56.1 Å². The molecule has 0 radical (unpaired) electrons. The van der Waals surface area contributed by atoms with E-state index in [2.05, 4.69) is 71.9 Å². The maximum absolute atomic E-state index is 6.82. The van der Waals surface area contributed by atoms with Crippen LogP contribution in [-0.2, 0) is 10.8 Å². The van der Waals surface area contributed by atoms with Gasteiger partial charge < -0.3 is 18.0 Å². The van der Waals surface area contributed by atoms with Crippen LogP contribution in [0.3, 0.4) is 0 Å². The summed E-state index contributed by atoms with van der Waals surface area (Å²) in [6.45, 7) is 23.1. The van der Waals surface area contributed by atoms with Gasteiger partial charge in [0.15, 0.2) is 25.6 Å². The molecule has 2 fully saturated rings. The predicted molar refractivity (Wildman–Crippen MR) is 154 cm³/mol. The summed E-state index contributed by atoms with van der Waals surface area (Å²) in [6, 6.07) is 2.33. The van der Waals surface area contributed by atoms with Crippen molar-refractivity contribution >= 4 is 25.0 Å². The SMILES string of the molecule is COc1cc2c(c(O[Si](C)(C)C)c1O[Si](C)(C)C)CCC1C2CCC2(C)C(O[Si](C)(C)C)CCC12. The van der Waals surface area contributed by atoms with E-state index in [0.717, 1.165) is 35.5 Å². The minimum atomic E-state index is -1.84. The smallest absolute Gasteiger partial charge is 0.242 e. The monoisotopic (exact) mass is 534 g/mol. The van der Waals surface area contributed by atoms with Crippen molar-refractivity contribution in [2.45, 2.75) is 116 Å². The van der Waals surface area contributed by atoms with Gasteiger partial charge >= 0.3 is 0 Å². The molecule has 1 aromatic rings. The summed E-state index contributed by atoms with van der Waals surface area (Å²) in [5, 5.41) is 0. The first-order valence-corrected chi connectivity index (χ1v) is 24.0. The van der Waals surface area contributed by atoms with Crippen molar-refractivity contribution in [1.29, 1.82) is 0 Å². The fourth-order valence-corrected chi connectivity index (χ4v) is 10.1. The summed E-state index contributed by atoms with van der Waals surface area (Å²) in [5.74, 6) is 4.78. The zero-order valence-electron chi connectivity index (χ0n) is 24.3. The number of hydrogen-bond acceptors (Lipinski definition) is 4. The van der Waals surface area contributed by atoms with Gasteiger partial charge in [0.05, 0.1) is 13.2 Å². The van der Waals surface area contributed by atoms with E-state index in [9.17, 15) is 0 Å². The second kappa shape index (κ2) is 9.21. The molecule has 7 heteroatoms. The van der Waals surface area contributed by atoms with Crippen molar-refractivity contribution in [3.8, 4) is 17.2 Å². The quantitative estimate of drug-likeness (QED) is 0.330. The molecule has 0 spiro atoms. The van der Waals surface area contributed by atoms with E-state index in [1.807, 2.05) is 0 Å². The summed E-state index contributed by atoms with van der Waals surface area (Å²) < 4.78 is 26.2. The molecule has 3 aliphatic carbocycles. The molecule has 0 N–H and O–H groups in total. The van der Waals surface area contributed by atoms with Gasteiger partial charge in [0.1, 0.15) is 0 Å². The predicted octanol–water partition coefficient (Wildman–Crippen LogP) is 8.20.